The van der Waals surface area contributed by atoms with E-state index in [2.05, 4.69) is 46.6 Å². The molecule has 36 heavy (non-hydrogen) atoms. The molecule has 0 saturated carbocycles. The van der Waals surface area contributed by atoms with Gasteiger partial charge < -0.3 is 15.3 Å². The number of allylic oxidation sites excluding steroid dienone is 1. The zero-order chi connectivity index (χ0) is 25.0. The van der Waals surface area contributed by atoms with Crippen molar-refractivity contribution in [2.45, 2.75) is 25.7 Å². The second-order valence-electron chi connectivity index (χ2n) is 10.00. The lowest BCUT2D eigenvalue weighted by Crippen LogP contribution is -2.29. The molecule has 5 rings (SSSR count). The number of anilines is 1. The monoisotopic (exact) mass is 483 g/mol. The SMILES string of the molecule is O=[N+]([O-])c1ccc(/C(=C(\CCCO)c2ccccc2)c2ccc(N3CCC4(CCNC4)C3)cc2)cc1. The molecule has 1 unspecified atom stereocenters. The van der Waals surface area contributed by atoms with Crippen LogP contribution >= 0.6 is 0 Å². The van der Waals surface area contributed by atoms with Crippen molar-refractivity contribution in [3.8, 4) is 0 Å². The van der Waals surface area contributed by atoms with E-state index in [4.69, 9.17) is 0 Å². The molecule has 0 bridgehead atoms. The molecule has 1 atom stereocenters. The summed E-state index contributed by atoms with van der Waals surface area (Å²) in [5.74, 6) is 0. The Morgan fingerprint density at radius 3 is 2.25 bits per heavy atom. The largest absolute Gasteiger partial charge is 0.396 e. The van der Waals surface area contributed by atoms with Crippen molar-refractivity contribution in [3.05, 3.63) is 106 Å². The van der Waals surface area contributed by atoms with Crippen molar-refractivity contribution in [1.82, 2.24) is 5.32 Å². The lowest BCUT2D eigenvalue weighted by molar-refractivity contribution is -0.384. The van der Waals surface area contributed by atoms with Crippen LogP contribution in [0.15, 0.2) is 78.9 Å². The van der Waals surface area contributed by atoms with Gasteiger partial charge in [-0.05, 0) is 84.3 Å². The van der Waals surface area contributed by atoms with Crippen LogP contribution in [0.3, 0.4) is 0 Å². The third-order valence-corrected chi connectivity index (χ3v) is 7.67. The molecule has 0 aliphatic carbocycles. The second-order valence-corrected chi connectivity index (χ2v) is 10.00. The molecule has 6 heteroatoms. The number of nitro benzene ring substituents is 1. The zero-order valence-electron chi connectivity index (χ0n) is 20.5. The summed E-state index contributed by atoms with van der Waals surface area (Å²) in [7, 11) is 0. The Bertz CT molecular complexity index is 1210. The first-order chi connectivity index (χ1) is 17.6. The van der Waals surface area contributed by atoms with Crippen molar-refractivity contribution < 1.29 is 10.0 Å². The molecular formula is C30H33N3O3. The first kappa shape index (κ1) is 24.2. The average Bonchev–Trinajstić information content (AvgIpc) is 3.57. The predicted molar refractivity (Wildman–Crippen MR) is 145 cm³/mol. The van der Waals surface area contributed by atoms with Gasteiger partial charge in [0, 0.05) is 49.5 Å². The van der Waals surface area contributed by atoms with Gasteiger partial charge in [0.15, 0.2) is 0 Å². The smallest absolute Gasteiger partial charge is 0.269 e. The summed E-state index contributed by atoms with van der Waals surface area (Å²) >= 11 is 0. The first-order valence-corrected chi connectivity index (χ1v) is 12.8. The predicted octanol–water partition coefficient (Wildman–Crippen LogP) is 5.52. The third-order valence-electron chi connectivity index (χ3n) is 7.67. The number of nitro groups is 1. The number of non-ortho nitro benzene ring substituents is 1. The van der Waals surface area contributed by atoms with Crippen LogP contribution < -0.4 is 10.2 Å². The number of hydrogen-bond acceptors (Lipinski definition) is 5. The summed E-state index contributed by atoms with van der Waals surface area (Å²) < 4.78 is 0. The maximum Gasteiger partial charge on any atom is 0.269 e. The fourth-order valence-corrected chi connectivity index (χ4v) is 5.71. The number of nitrogens with zero attached hydrogens (tertiary/aromatic N) is 2. The van der Waals surface area contributed by atoms with Crippen molar-refractivity contribution in [2.75, 3.05) is 37.7 Å². The van der Waals surface area contributed by atoms with Gasteiger partial charge in [0.25, 0.3) is 5.69 Å². The van der Waals surface area contributed by atoms with Gasteiger partial charge in [0.05, 0.1) is 4.92 Å². The van der Waals surface area contributed by atoms with Gasteiger partial charge in [0.2, 0.25) is 0 Å². The molecule has 0 amide bonds. The fraction of sp³-hybridized carbons (Fsp3) is 0.333. The minimum atomic E-state index is -0.367. The average molecular weight is 484 g/mol. The molecule has 2 saturated heterocycles. The summed E-state index contributed by atoms with van der Waals surface area (Å²) in [6.45, 7) is 4.51. The topological polar surface area (TPSA) is 78.6 Å². The first-order valence-electron chi connectivity index (χ1n) is 12.8. The van der Waals surface area contributed by atoms with E-state index in [1.807, 2.05) is 30.3 Å². The Hall–Kier alpha value is -3.48. The van der Waals surface area contributed by atoms with E-state index in [1.165, 1.54) is 18.5 Å². The molecule has 2 aliphatic heterocycles. The van der Waals surface area contributed by atoms with Crippen LogP contribution in [0.25, 0.3) is 11.1 Å². The Labute approximate surface area is 212 Å². The van der Waals surface area contributed by atoms with Gasteiger partial charge in [-0.2, -0.15) is 0 Å². The van der Waals surface area contributed by atoms with Gasteiger partial charge in [0.1, 0.15) is 0 Å². The minimum absolute atomic E-state index is 0.0782. The van der Waals surface area contributed by atoms with E-state index in [0.29, 0.717) is 18.3 Å². The maximum absolute atomic E-state index is 11.3. The highest BCUT2D eigenvalue weighted by atomic mass is 16.6. The number of benzene rings is 3. The van der Waals surface area contributed by atoms with Crippen LogP contribution in [0, 0.1) is 15.5 Å². The van der Waals surface area contributed by atoms with Crippen LogP contribution in [0.2, 0.25) is 0 Å². The van der Waals surface area contributed by atoms with Crippen LogP contribution in [0.1, 0.15) is 42.4 Å². The van der Waals surface area contributed by atoms with E-state index >= 15 is 0 Å². The second kappa shape index (κ2) is 10.6. The highest BCUT2D eigenvalue weighted by Crippen LogP contribution is 2.40. The van der Waals surface area contributed by atoms with Gasteiger partial charge in [-0.3, -0.25) is 10.1 Å². The molecule has 2 aliphatic rings. The van der Waals surface area contributed by atoms with Crippen LogP contribution in [-0.4, -0.2) is 42.8 Å². The summed E-state index contributed by atoms with van der Waals surface area (Å²) in [6, 6.07) is 25.8. The summed E-state index contributed by atoms with van der Waals surface area (Å²) in [6.07, 6.45) is 3.83. The van der Waals surface area contributed by atoms with Crippen LogP contribution in [0.4, 0.5) is 11.4 Å². The van der Waals surface area contributed by atoms with Gasteiger partial charge in [-0.1, -0.05) is 42.5 Å². The standard InChI is InChI=1S/C30H33N3O3/c34-20-4-7-28(23-5-2-1-3-6-23)29(25-10-14-27(15-11-25)33(35)36)24-8-12-26(13-9-24)32-19-17-30(22-32)16-18-31-21-30/h1-3,5-6,8-15,31,34H,4,7,16-22H2/b29-28+. The number of rotatable bonds is 8. The molecule has 6 nitrogen and oxygen atoms in total. The van der Waals surface area contributed by atoms with Crippen LogP contribution in [0.5, 0.6) is 0 Å². The van der Waals surface area contributed by atoms with Crippen molar-refractivity contribution in [3.63, 3.8) is 0 Å². The minimum Gasteiger partial charge on any atom is -0.396 e. The Morgan fingerprint density at radius 2 is 1.64 bits per heavy atom. The van der Waals surface area contributed by atoms with E-state index in [-0.39, 0.29) is 17.2 Å². The Kier molecular flexibility index (Phi) is 7.16. The van der Waals surface area contributed by atoms with Crippen LogP contribution in [-0.2, 0) is 0 Å². The molecule has 1 spiro atoms. The van der Waals surface area contributed by atoms with E-state index in [9.17, 15) is 15.2 Å². The van der Waals surface area contributed by atoms with Crippen molar-refractivity contribution >= 4 is 22.5 Å². The van der Waals surface area contributed by atoms with Gasteiger partial charge in [-0.25, -0.2) is 0 Å². The summed E-state index contributed by atoms with van der Waals surface area (Å²) in [4.78, 5) is 13.4. The number of aliphatic hydroxyl groups excluding tert-OH is 1. The highest BCUT2D eigenvalue weighted by molar-refractivity contribution is 5.98. The highest BCUT2D eigenvalue weighted by Gasteiger charge is 2.40. The number of nitrogens with one attached hydrogen (secondary N) is 1. The van der Waals surface area contributed by atoms with Gasteiger partial charge >= 0.3 is 0 Å². The van der Waals surface area contributed by atoms with Crippen molar-refractivity contribution in [2.24, 2.45) is 5.41 Å². The Balaban J connectivity index is 1.55. The molecule has 2 fully saturated rings. The van der Waals surface area contributed by atoms with Gasteiger partial charge in [-0.15, -0.1) is 0 Å². The Morgan fingerprint density at radius 1 is 0.944 bits per heavy atom. The summed E-state index contributed by atoms with van der Waals surface area (Å²) in [5, 5.41) is 24.4. The normalized spacial score (nSPS) is 20.1. The van der Waals surface area contributed by atoms with Crippen molar-refractivity contribution in [1.29, 1.82) is 0 Å². The molecule has 0 radical (unpaired) electrons. The number of aliphatic hydroxyl groups is 1. The molecule has 3 aromatic rings. The lowest BCUT2D eigenvalue weighted by Gasteiger charge is -2.24. The van der Waals surface area contributed by atoms with E-state index < -0.39 is 0 Å². The molecule has 2 heterocycles. The lowest BCUT2D eigenvalue weighted by atomic mass is 9.86. The van der Waals surface area contributed by atoms with E-state index in [0.717, 1.165) is 54.0 Å². The zero-order valence-corrected chi connectivity index (χ0v) is 20.5. The fourth-order valence-electron chi connectivity index (χ4n) is 5.71. The quantitative estimate of drug-likeness (QED) is 0.251. The molecule has 0 aromatic heterocycles. The molecular weight excluding hydrogens is 450 g/mol. The summed E-state index contributed by atoms with van der Waals surface area (Å²) in [5.41, 5.74) is 7.00. The maximum atomic E-state index is 11.3. The number of hydrogen-bond donors (Lipinski definition) is 2. The third kappa shape index (κ3) is 5.06. The molecule has 3 aromatic carbocycles. The molecule has 2 N–H and O–H groups in total. The molecule has 186 valence electrons. The van der Waals surface area contributed by atoms with E-state index in [1.54, 1.807) is 12.1 Å².